The van der Waals surface area contributed by atoms with E-state index in [4.69, 9.17) is 10.4 Å². The molecule has 2 unspecified atom stereocenters. The highest BCUT2D eigenvalue weighted by Crippen LogP contribution is 2.45. The molecule has 7 heteroatoms. The largest absolute Gasteiger partial charge is 0.343 e. The van der Waals surface area contributed by atoms with Crippen LogP contribution in [0.4, 0.5) is 5.82 Å². The second-order valence-corrected chi connectivity index (χ2v) is 7.72. The van der Waals surface area contributed by atoms with Gasteiger partial charge in [-0.25, -0.2) is 9.99 Å². The fourth-order valence-electron chi connectivity index (χ4n) is 3.59. The van der Waals surface area contributed by atoms with E-state index in [0.717, 1.165) is 21.3 Å². The minimum absolute atomic E-state index is 0.0128. The highest BCUT2D eigenvalue weighted by atomic mass is 32.1. The van der Waals surface area contributed by atoms with Crippen molar-refractivity contribution in [3.63, 3.8) is 0 Å². The topological polar surface area (TPSA) is 72.6 Å². The van der Waals surface area contributed by atoms with Gasteiger partial charge < -0.3 is 10.3 Å². The van der Waals surface area contributed by atoms with Gasteiger partial charge in [-0.05, 0) is 18.6 Å². The highest BCUT2D eigenvalue weighted by molar-refractivity contribution is 7.12. The van der Waals surface area contributed by atoms with Crippen LogP contribution in [-0.2, 0) is 17.8 Å². The number of nitrogens with zero attached hydrogens (tertiary/aromatic N) is 4. The first kappa shape index (κ1) is 17.6. The summed E-state index contributed by atoms with van der Waals surface area (Å²) in [5, 5.41) is 14.7. The summed E-state index contributed by atoms with van der Waals surface area (Å²) in [7, 11) is 0. The van der Waals surface area contributed by atoms with E-state index in [0.29, 0.717) is 25.2 Å². The molecule has 1 N–H and O–H groups in total. The lowest BCUT2D eigenvalue weighted by atomic mass is 10.00. The number of likely N-dealkylation sites (N-methyl/N-ethyl adjacent to an activating group) is 1. The van der Waals surface area contributed by atoms with Gasteiger partial charge in [-0.2, -0.15) is 5.10 Å². The van der Waals surface area contributed by atoms with Crippen LogP contribution in [0.1, 0.15) is 28.3 Å². The van der Waals surface area contributed by atoms with Crippen LogP contribution in [0, 0.1) is 5.41 Å². The number of hydrogen-bond donors (Lipinski definition) is 1. The van der Waals surface area contributed by atoms with E-state index in [-0.39, 0.29) is 17.9 Å². The first-order valence-corrected chi connectivity index (χ1v) is 9.79. The number of allylic oxidation sites excluding steroid dienone is 1. The third kappa shape index (κ3) is 3.08. The quantitative estimate of drug-likeness (QED) is 0.784. The zero-order valence-corrected chi connectivity index (χ0v) is 15.9. The Bertz CT molecular complexity index is 920. The fraction of sp³-hybridized carbons (Fsp3) is 0.300. The number of carbonyl (C=O) groups is 1. The van der Waals surface area contributed by atoms with Crippen molar-refractivity contribution >= 4 is 35.0 Å². The van der Waals surface area contributed by atoms with Crippen LogP contribution in [0.3, 0.4) is 0 Å². The van der Waals surface area contributed by atoms with E-state index in [1.807, 2.05) is 43.5 Å². The molecule has 6 nitrogen and oxygen atoms in total. The molecule has 0 aliphatic carbocycles. The summed E-state index contributed by atoms with van der Waals surface area (Å²) in [5.41, 5.74) is 1.50. The predicted octanol–water partition coefficient (Wildman–Crippen LogP) is 3.21. The van der Waals surface area contributed by atoms with Crippen LogP contribution < -0.4 is 4.90 Å². The Morgan fingerprint density at radius 3 is 2.85 bits per heavy atom. The van der Waals surface area contributed by atoms with Crippen molar-refractivity contribution in [2.24, 2.45) is 5.10 Å². The van der Waals surface area contributed by atoms with Crippen molar-refractivity contribution < 1.29 is 4.79 Å². The molecule has 27 heavy (non-hydrogen) atoms. The number of anilines is 1. The average Bonchev–Trinajstić information content (AvgIpc) is 3.21. The van der Waals surface area contributed by atoms with Gasteiger partial charge in [0.15, 0.2) is 0 Å². The van der Waals surface area contributed by atoms with Crippen molar-refractivity contribution in [3.8, 4) is 0 Å². The zero-order chi connectivity index (χ0) is 19.0. The molecule has 0 bridgehead atoms. The summed E-state index contributed by atoms with van der Waals surface area (Å²) in [5.74, 6) is 0.813. The molecule has 1 amide bonds. The standard InChI is InChI=1S/C20H21N5OS/c1-3-14(21)10-16-23-19-18(27-16)15-11-22-25(12-13-8-6-5-7-9-13)20(26)17(15)24(19)4-2/h3,5-9,11,15,17,21H,1,4,10,12H2,2H3. The van der Waals surface area contributed by atoms with Crippen LogP contribution in [0.2, 0.25) is 0 Å². The monoisotopic (exact) mass is 379 g/mol. The minimum atomic E-state index is -0.280. The Morgan fingerprint density at radius 2 is 2.15 bits per heavy atom. The number of hydrazone groups is 1. The molecule has 138 valence electrons. The van der Waals surface area contributed by atoms with E-state index >= 15 is 0 Å². The Morgan fingerprint density at radius 1 is 1.37 bits per heavy atom. The molecule has 0 saturated heterocycles. The number of aromatic nitrogens is 1. The molecule has 2 aliphatic heterocycles. The predicted molar refractivity (Wildman–Crippen MR) is 109 cm³/mol. The van der Waals surface area contributed by atoms with Crippen molar-refractivity contribution in [3.05, 3.63) is 58.4 Å². The van der Waals surface area contributed by atoms with Gasteiger partial charge >= 0.3 is 0 Å². The van der Waals surface area contributed by atoms with Gasteiger partial charge in [0.1, 0.15) is 16.9 Å². The van der Waals surface area contributed by atoms with Crippen molar-refractivity contribution in [1.29, 1.82) is 5.41 Å². The summed E-state index contributed by atoms with van der Waals surface area (Å²) in [6, 6.07) is 9.62. The summed E-state index contributed by atoms with van der Waals surface area (Å²) in [6.45, 7) is 6.85. The van der Waals surface area contributed by atoms with Crippen molar-refractivity contribution in [1.82, 2.24) is 9.99 Å². The second-order valence-electron chi connectivity index (χ2n) is 6.60. The van der Waals surface area contributed by atoms with Crippen LogP contribution in [0.15, 0.2) is 48.1 Å². The molecule has 0 spiro atoms. The number of carbonyl (C=O) groups excluding carboxylic acids is 1. The maximum atomic E-state index is 13.2. The normalized spacial score (nSPS) is 20.6. The number of fused-ring (bicyclic) bond motifs is 3. The second kappa shape index (κ2) is 7.08. The third-order valence-electron chi connectivity index (χ3n) is 4.91. The fourth-order valence-corrected chi connectivity index (χ4v) is 4.78. The van der Waals surface area contributed by atoms with Gasteiger partial charge in [0, 0.05) is 24.9 Å². The maximum Gasteiger partial charge on any atom is 0.266 e. The summed E-state index contributed by atoms with van der Waals surface area (Å²) in [4.78, 5) is 21.0. The number of nitrogens with one attached hydrogen (secondary N) is 1. The Balaban J connectivity index is 1.61. The molecular formula is C20H21N5OS. The van der Waals surface area contributed by atoms with Crippen LogP contribution >= 0.6 is 11.3 Å². The zero-order valence-electron chi connectivity index (χ0n) is 15.1. The Labute approximate surface area is 162 Å². The van der Waals surface area contributed by atoms with Gasteiger partial charge in [-0.3, -0.25) is 4.79 Å². The third-order valence-corrected chi connectivity index (χ3v) is 6.05. The molecule has 1 aromatic carbocycles. The van der Waals surface area contributed by atoms with Crippen LogP contribution in [-0.4, -0.2) is 40.4 Å². The van der Waals surface area contributed by atoms with E-state index in [9.17, 15) is 4.79 Å². The maximum absolute atomic E-state index is 13.2. The molecule has 2 aliphatic rings. The molecule has 0 fully saturated rings. The number of rotatable bonds is 6. The minimum Gasteiger partial charge on any atom is -0.343 e. The summed E-state index contributed by atoms with van der Waals surface area (Å²) < 4.78 is 0. The van der Waals surface area contributed by atoms with Gasteiger partial charge in [-0.15, -0.1) is 11.3 Å². The smallest absolute Gasteiger partial charge is 0.266 e. The molecule has 2 aromatic rings. The number of benzene rings is 1. The molecular weight excluding hydrogens is 358 g/mol. The SMILES string of the molecule is C=CC(=N)Cc1nc2c(s1)C1C=NN(Cc3ccccc3)C(=O)C1N2CC. The summed E-state index contributed by atoms with van der Waals surface area (Å²) >= 11 is 1.57. The van der Waals surface area contributed by atoms with Gasteiger partial charge in [0.05, 0.1) is 17.3 Å². The van der Waals surface area contributed by atoms with E-state index < -0.39 is 0 Å². The Kier molecular flexibility index (Phi) is 4.61. The highest BCUT2D eigenvalue weighted by Gasteiger charge is 2.48. The molecule has 4 rings (SSSR count). The average molecular weight is 379 g/mol. The molecule has 3 heterocycles. The van der Waals surface area contributed by atoms with E-state index in [2.05, 4.69) is 16.6 Å². The molecule has 0 radical (unpaired) electrons. The van der Waals surface area contributed by atoms with E-state index in [1.54, 1.807) is 22.4 Å². The lowest BCUT2D eigenvalue weighted by Crippen LogP contribution is -2.50. The summed E-state index contributed by atoms with van der Waals surface area (Å²) in [6.07, 6.45) is 3.89. The molecule has 0 saturated carbocycles. The van der Waals surface area contributed by atoms with Gasteiger partial charge in [0.2, 0.25) is 0 Å². The number of amides is 1. The number of hydrogen-bond acceptors (Lipinski definition) is 6. The van der Waals surface area contributed by atoms with Crippen LogP contribution in [0.25, 0.3) is 0 Å². The van der Waals surface area contributed by atoms with E-state index in [1.165, 1.54) is 0 Å². The lowest BCUT2D eigenvalue weighted by molar-refractivity contribution is -0.134. The van der Waals surface area contributed by atoms with Crippen LogP contribution in [0.5, 0.6) is 0 Å². The van der Waals surface area contributed by atoms with Gasteiger partial charge in [0.25, 0.3) is 5.91 Å². The Hall–Kier alpha value is -2.80. The van der Waals surface area contributed by atoms with Gasteiger partial charge in [-0.1, -0.05) is 36.9 Å². The molecule has 2 atom stereocenters. The lowest BCUT2D eigenvalue weighted by Gasteiger charge is -2.33. The van der Waals surface area contributed by atoms with Crippen molar-refractivity contribution in [2.45, 2.75) is 31.8 Å². The number of thiazole rings is 1. The first-order chi connectivity index (χ1) is 13.1. The first-order valence-electron chi connectivity index (χ1n) is 8.98. The molecule has 1 aromatic heterocycles. The van der Waals surface area contributed by atoms with Crippen molar-refractivity contribution in [2.75, 3.05) is 11.4 Å².